The molecule has 3 rings (SSSR count). The van der Waals surface area contributed by atoms with Crippen LogP contribution in [0.4, 0.5) is 8.78 Å². The third kappa shape index (κ3) is 3.38. The molecule has 23 heavy (non-hydrogen) atoms. The molecule has 0 spiro atoms. The highest BCUT2D eigenvalue weighted by Crippen LogP contribution is 2.35. The molecule has 1 heterocycles. The van der Waals surface area contributed by atoms with Crippen molar-refractivity contribution < 1.29 is 23.1 Å². The van der Waals surface area contributed by atoms with E-state index in [-0.39, 0.29) is 6.61 Å². The molecule has 1 atom stereocenters. The summed E-state index contributed by atoms with van der Waals surface area (Å²) in [6.07, 6.45) is -3.50. The second-order valence-electron chi connectivity index (χ2n) is 5.05. The van der Waals surface area contributed by atoms with Crippen molar-refractivity contribution >= 4 is 5.91 Å². The number of alkyl halides is 2. The standard InChI is InChI=1S/C17H15F2NO3/c18-15(19)11-23-20-16(21)13-8-4-5-9-14(13)17(20)22-10-12-6-2-1-3-7-12/h1-9,15,17H,10-11H2. The van der Waals surface area contributed by atoms with Crippen LogP contribution in [0.5, 0.6) is 0 Å². The van der Waals surface area contributed by atoms with Crippen molar-refractivity contribution in [1.82, 2.24) is 5.06 Å². The molecule has 0 bridgehead atoms. The number of carbonyl (C=O) groups is 1. The predicted molar refractivity (Wildman–Crippen MR) is 78.5 cm³/mol. The Morgan fingerprint density at radius 3 is 2.48 bits per heavy atom. The number of nitrogens with zero attached hydrogens (tertiary/aromatic N) is 1. The summed E-state index contributed by atoms with van der Waals surface area (Å²) < 4.78 is 30.6. The lowest BCUT2D eigenvalue weighted by atomic mass is 10.1. The first-order chi connectivity index (χ1) is 11.2. The van der Waals surface area contributed by atoms with Crippen LogP contribution in [-0.2, 0) is 16.2 Å². The number of rotatable bonds is 6. The molecular formula is C17H15F2NO3. The number of ether oxygens (including phenoxy) is 1. The Morgan fingerprint density at radius 2 is 1.74 bits per heavy atom. The van der Waals surface area contributed by atoms with Crippen LogP contribution in [0.15, 0.2) is 54.6 Å². The van der Waals surface area contributed by atoms with Gasteiger partial charge in [-0.15, -0.1) is 0 Å². The number of halogens is 2. The van der Waals surface area contributed by atoms with Gasteiger partial charge in [-0.3, -0.25) is 9.63 Å². The molecule has 1 aliphatic rings. The minimum atomic E-state index is -2.67. The normalized spacial score (nSPS) is 16.9. The van der Waals surface area contributed by atoms with Gasteiger partial charge < -0.3 is 4.74 Å². The molecule has 0 N–H and O–H groups in total. The largest absolute Gasteiger partial charge is 0.347 e. The van der Waals surface area contributed by atoms with Gasteiger partial charge in [0.2, 0.25) is 0 Å². The fourth-order valence-corrected chi connectivity index (χ4v) is 2.43. The molecule has 2 aromatic rings. The Bertz CT molecular complexity index is 679. The van der Waals surface area contributed by atoms with E-state index in [1.165, 1.54) is 0 Å². The summed E-state index contributed by atoms with van der Waals surface area (Å²) in [7, 11) is 0. The Kier molecular flexibility index (Phi) is 4.64. The first kappa shape index (κ1) is 15.6. The lowest BCUT2D eigenvalue weighted by molar-refractivity contribution is -0.233. The zero-order valence-corrected chi connectivity index (χ0v) is 12.2. The number of carbonyl (C=O) groups excluding carboxylic acids is 1. The highest BCUT2D eigenvalue weighted by Gasteiger charge is 2.39. The average molecular weight is 319 g/mol. The van der Waals surface area contributed by atoms with Crippen molar-refractivity contribution in [2.24, 2.45) is 0 Å². The first-order valence-electron chi connectivity index (χ1n) is 7.16. The molecule has 0 radical (unpaired) electrons. The third-order valence-corrected chi connectivity index (χ3v) is 3.46. The molecule has 0 aliphatic carbocycles. The Labute approximate surface area is 132 Å². The molecular weight excluding hydrogens is 304 g/mol. The van der Waals surface area contributed by atoms with Crippen LogP contribution < -0.4 is 0 Å². The second-order valence-corrected chi connectivity index (χ2v) is 5.05. The van der Waals surface area contributed by atoms with Crippen LogP contribution >= 0.6 is 0 Å². The maximum atomic E-state index is 12.4. The van der Waals surface area contributed by atoms with Gasteiger partial charge in [-0.2, -0.15) is 5.06 Å². The van der Waals surface area contributed by atoms with E-state index in [2.05, 4.69) is 0 Å². The minimum absolute atomic E-state index is 0.238. The van der Waals surface area contributed by atoms with Gasteiger partial charge in [0, 0.05) is 11.1 Å². The van der Waals surface area contributed by atoms with E-state index >= 15 is 0 Å². The van der Waals surface area contributed by atoms with Crippen LogP contribution in [0.25, 0.3) is 0 Å². The average Bonchev–Trinajstić information content (AvgIpc) is 2.84. The summed E-state index contributed by atoms with van der Waals surface area (Å²) in [5.74, 6) is -0.473. The summed E-state index contributed by atoms with van der Waals surface area (Å²) in [4.78, 5) is 17.3. The molecule has 120 valence electrons. The summed E-state index contributed by atoms with van der Waals surface area (Å²) in [6.45, 7) is -0.618. The predicted octanol–water partition coefficient (Wildman–Crippen LogP) is 3.55. The number of hydroxylamine groups is 2. The van der Waals surface area contributed by atoms with Crippen LogP contribution in [0.1, 0.15) is 27.7 Å². The molecule has 2 aromatic carbocycles. The van der Waals surface area contributed by atoms with Crippen LogP contribution in [0, 0.1) is 0 Å². The molecule has 1 unspecified atom stereocenters. The van der Waals surface area contributed by atoms with E-state index in [1.54, 1.807) is 24.3 Å². The molecule has 0 aromatic heterocycles. The van der Waals surface area contributed by atoms with Crippen molar-refractivity contribution in [2.75, 3.05) is 6.61 Å². The molecule has 1 aliphatic heterocycles. The van der Waals surface area contributed by atoms with Crippen molar-refractivity contribution in [3.63, 3.8) is 0 Å². The topological polar surface area (TPSA) is 38.8 Å². The zero-order valence-electron chi connectivity index (χ0n) is 12.2. The Balaban J connectivity index is 1.79. The maximum absolute atomic E-state index is 12.4. The lowest BCUT2D eigenvalue weighted by Gasteiger charge is -2.24. The fourth-order valence-electron chi connectivity index (χ4n) is 2.43. The van der Waals surface area contributed by atoms with Gasteiger partial charge in [0.15, 0.2) is 6.23 Å². The maximum Gasteiger partial charge on any atom is 0.280 e. The van der Waals surface area contributed by atoms with Gasteiger partial charge in [-0.1, -0.05) is 48.5 Å². The molecule has 4 nitrogen and oxygen atoms in total. The van der Waals surface area contributed by atoms with Crippen molar-refractivity contribution in [1.29, 1.82) is 0 Å². The summed E-state index contributed by atoms with van der Waals surface area (Å²) >= 11 is 0. The minimum Gasteiger partial charge on any atom is -0.347 e. The van der Waals surface area contributed by atoms with E-state index in [9.17, 15) is 13.6 Å². The summed E-state index contributed by atoms with van der Waals surface area (Å²) in [6, 6.07) is 16.2. The number of hydrogen-bond donors (Lipinski definition) is 0. The molecule has 0 saturated carbocycles. The van der Waals surface area contributed by atoms with Crippen molar-refractivity contribution in [3.05, 3.63) is 71.3 Å². The molecule has 0 fully saturated rings. The van der Waals surface area contributed by atoms with Gasteiger partial charge in [-0.25, -0.2) is 8.78 Å². The highest BCUT2D eigenvalue weighted by molar-refractivity contribution is 5.98. The quantitative estimate of drug-likeness (QED) is 0.817. The first-order valence-corrected chi connectivity index (χ1v) is 7.16. The SMILES string of the molecule is O=C1c2ccccc2C(OCc2ccccc2)N1OCC(F)F. The van der Waals surface area contributed by atoms with Crippen molar-refractivity contribution in [3.8, 4) is 0 Å². The zero-order chi connectivity index (χ0) is 16.2. The molecule has 1 amide bonds. The number of benzene rings is 2. The van der Waals surface area contributed by atoms with Gasteiger partial charge in [0.05, 0.1) is 6.61 Å². The van der Waals surface area contributed by atoms with Gasteiger partial charge in [-0.05, 0) is 11.6 Å². The van der Waals surface area contributed by atoms with E-state index in [0.29, 0.717) is 11.1 Å². The van der Waals surface area contributed by atoms with Crippen LogP contribution in [-0.4, -0.2) is 24.0 Å². The van der Waals surface area contributed by atoms with Gasteiger partial charge in [0.25, 0.3) is 12.3 Å². The fraction of sp³-hybridized carbons (Fsp3) is 0.235. The summed E-state index contributed by atoms with van der Waals surface area (Å²) in [5, 5.41) is 0.889. The summed E-state index contributed by atoms with van der Waals surface area (Å²) in [5.41, 5.74) is 1.93. The van der Waals surface area contributed by atoms with Gasteiger partial charge in [0.1, 0.15) is 6.61 Å². The number of amides is 1. The molecule has 6 heteroatoms. The highest BCUT2D eigenvalue weighted by atomic mass is 19.3. The Morgan fingerprint density at radius 1 is 1.04 bits per heavy atom. The smallest absolute Gasteiger partial charge is 0.280 e. The van der Waals surface area contributed by atoms with E-state index in [0.717, 1.165) is 10.6 Å². The number of fused-ring (bicyclic) bond motifs is 1. The van der Waals surface area contributed by atoms with E-state index in [4.69, 9.17) is 9.57 Å². The monoisotopic (exact) mass is 319 g/mol. The van der Waals surface area contributed by atoms with Gasteiger partial charge >= 0.3 is 0 Å². The Hall–Kier alpha value is -2.31. The lowest BCUT2D eigenvalue weighted by Crippen LogP contribution is -2.31. The second kappa shape index (κ2) is 6.85. The number of hydrogen-bond acceptors (Lipinski definition) is 3. The van der Waals surface area contributed by atoms with E-state index in [1.807, 2.05) is 30.3 Å². The van der Waals surface area contributed by atoms with Crippen LogP contribution in [0.2, 0.25) is 0 Å². The molecule has 0 saturated heterocycles. The third-order valence-electron chi connectivity index (χ3n) is 3.46. The van der Waals surface area contributed by atoms with Crippen molar-refractivity contribution in [2.45, 2.75) is 19.3 Å². The van der Waals surface area contributed by atoms with Crippen LogP contribution in [0.3, 0.4) is 0 Å². The van der Waals surface area contributed by atoms with E-state index < -0.39 is 25.2 Å².